The minimum absolute atomic E-state index is 0.836. The van der Waals surface area contributed by atoms with Crippen LogP contribution in [0.4, 0.5) is 0 Å². The fraction of sp³-hybridized carbons (Fsp3) is 0.600. The van der Waals surface area contributed by atoms with Crippen LogP contribution in [0.2, 0.25) is 0 Å². The molecule has 0 atom stereocenters. The average molecular weight is 465 g/mol. The Balaban J connectivity index is 2.62. The summed E-state index contributed by atoms with van der Waals surface area (Å²) >= 11 is 3.04. The van der Waals surface area contributed by atoms with Crippen LogP contribution in [0.3, 0.4) is 0 Å². The zero-order chi connectivity index (χ0) is 6.85. The van der Waals surface area contributed by atoms with Gasteiger partial charge in [-0.3, -0.25) is 0 Å². The molecule has 0 amide bonds. The van der Waals surface area contributed by atoms with Crippen molar-refractivity contribution in [2.75, 3.05) is 20.3 Å². The molecule has 2 nitrogen and oxygen atoms in total. The molecular formula is C5H7NOW2. The van der Waals surface area contributed by atoms with Crippen LogP contribution < -0.4 is 0 Å². The van der Waals surface area contributed by atoms with Crippen LogP contribution in [0.25, 0.3) is 0 Å². The van der Waals surface area contributed by atoms with Crippen molar-refractivity contribution in [2.45, 2.75) is 0 Å². The molecule has 0 N–H and O–H groups in total. The zero-order valence-corrected chi connectivity index (χ0v) is 11.0. The van der Waals surface area contributed by atoms with Gasteiger partial charge >= 0.3 is 76.6 Å². The molecule has 1 heterocycles. The van der Waals surface area contributed by atoms with E-state index in [-0.39, 0.29) is 0 Å². The summed E-state index contributed by atoms with van der Waals surface area (Å²) in [7, 11) is 2.12. The Kier molecular flexibility index (Phi) is 3.10. The fourth-order valence-electron chi connectivity index (χ4n) is 0.558. The molecule has 1 rings (SSSR count). The van der Waals surface area contributed by atoms with Gasteiger partial charge < -0.3 is 0 Å². The third kappa shape index (κ3) is 1.98. The van der Waals surface area contributed by atoms with Gasteiger partial charge in [-0.05, 0) is 0 Å². The van der Waals surface area contributed by atoms with Gasteiger partial charge in [0, 0.05) is 0 Å². The van der Waals surface area contributed by atoms with E-state index in [2.05, 4.69) is 11.9 Å². The normalized spacial score (nSPS) is 22.8. The molecule has 50 valence electrons. The molecule has 4 heteroatoms. The third-order valence-electron chi connectivity index (χ3n) is 1.20. The summed E-state index contributed by atoms with van der Waals surface area (Å²) in [5.41, 5.74) is 0. The Labute approximate surface area is 76.4 Å². The van der Waals surface area contributed by atoms with Crippen molar-refractivity contribution >= 4 is 8.04 Å². The molecule has 1 saturated heterocycles. The first-order valence-corrected chi connectivity index (χ1v) is 5.52. The summed E-state index contributed by atoms with van der Waals surface area (Å²) in [6, 6.07) is 0. The van der Waals surface area contributed by atoms with Gasteiger partial charge in [0.05, 0.1) is 0 Å². The Morgan fingerprint density at radius 1 is 1.33 bits per heavy atom. The van der Waals surface area contributed by atoms with Crippen molar-refractivity contribution in [3.63, 3.8) is 0 Å². The summed E-state index contributed by atoms with van der Waals surface area (Å²) in [5.74, 6) is 0. The van der Waals surface area contributed by atoms with Crippen LogP contribution in [-0.2, 0) is 43.4 Å². The van der Waals surface area contributed by atoms with E-state index in [9.17, 15) is 0 Å². The first-order chi connectivity index (χ1) is 4.22. The quantitative estimate of drug-likeness (QED) is 0.470. The molecule has 9 heavy (non-hydrogen) atoms. The number of likely N-dealkylation sites (N-methyl/N-ethyl adjacent to an activating group) is 1. The molecule has 1 fully saturated rings. The molecule has 0 saturated carbocycles. The van der Waals surface area contributed by atoms with Crippen LogP contribution in [0.15, 0.2) is 0 Å². The van der Waals surface area contributed by atoms with Crippen molar-refractivity contribution in [1.82, 2.24) is 4.90 Å². The van der Waals surface area contributed by atoms with E-state index in [4.69, 9.17) is 4.74 Å². The molecule has 0 spiro atoms. The van der Waals surface area contributed by atoms with Gasteiger partial charge in [-0.15, -0.1) is 0 Å². The SMILES string of the molecule is CN1[C](=[W])COC[C]1=[W]. The Hall–Kier alpha value is 1.04. The van der Waals surface area contributed by atoms with E-state index < -0.39 is 0 Å². The van der Waals surface area contributed by atoms with E-state index in [0.717, 1.165) is 13.2 Å². The van der Waals surface area contributed by atoms with Gasteiger partial charge in [-0.1, -0.05) is 0 Å². The molecular weight excluding hydrogens is 458 g/mol. The Morgan fingerprint density at radius 3 is 2.11 bits per heavy atom. The van der Waals surface area contributed by atoms with Crippen molar-refractivity contribution < 1.29 is 43.4 Å². The topological polar surface area (TPSA) is 12.5 Å². The Morgan fingerprint density at radius 2 is 1.78 bits per heavy atom. The van der Waals surface area contributed by atoms with Gasteiger partial charge in [0.1, 0.15) is 0 Å². The molecule has 0 aliphatic carbocycles. The first-order valence-electron chi connectivity index (χ1n) is 2.59. The van der Waals surface area contributed by atoms with Gasteiger partial charge in [0.15, 0.2) is 0 Å². The third-order valence-corrected chi connectivity index (χ3v) is 4.01. The molecule has 0 radical (unpaired) electrons. The van der Waals surface area contributed by atoms with Crippen LogP contribution in [0, 0.1) is 0 Å². The number of morpholine rings is 1. The number of hydrogen-bond acceptors (Lipinski definition) is 2. The summed E-state index contributed by atoms with van der Waals surface area (Å²) < 4.78 is 8.08. The fourth-order valence-corrected chi connectivity index (χ4v) is 2.85. The summed E-state index contributed by atoms with van der Waals surface area (Å²) in [4.78, 5) is 2.26. The second-order valence-corrected chi connectivity index (χ2v) is 5.23. The van der Waals surface area contributed by atoms with Crippen LogP contribution in [0.5, 0.6) is 0 Å². The van der Waals surface area contributed by atoms with E-state index in [1.165, 1.54) is 46.8 Å². The molecule has 0 aromatic carbocycles. The standard InChI is InChI=1S/C5H7NO.2W/c1-6-2-4-7-5-3-6;;/h4-5H2,1H3;;. The molecule has 0 unspecified atom stereocenters. The van der Waals surface area contributed by atoms with Crippen LogP contribution >= 0.6 is 0 Å². The number of hydrogen-bond donors (Lipinski definition) is 0. The zero-order valence-electron chi connectivity index (χ0n) is 5.09. The van der Waals surface area contributed by atoms with Crippen LogP contribution in [0.1, 0.15) is 0 Å². The maximum absolute atomic E-state index is 5.29. The second-order valence-electron chi connectivity index (χ2n) is 1.84. The van der Waals surface area contributed by atoms with E-state index >= 15 is 0 Å². The van der Waals surface area contributed by atoms with E-state index in [1.807, 2.05) is 0 Å². The van der Waals surface area contributed by atoms with Crippen molar-refractivity contribution in [3.05, 3.63) is 0 Å². The van der Waals surface area contributed by atoms with E-state index in [0.29, 0.717) is 0 Å². The van der Waals surface area contributed by atoms with Gasteiger partial charge in [0.25, 0.3) is 0 Å². The average Bonchev–Trinajstić information content (AvgIpc) is 1.83. The molecule has 1 aliphatic heterocycles. The van der Waals surface area contributed by atoms with Gasteiger partial charge in [-0.25, -0.2) is 0 Å². The predicted molar refractivity (Wildman–Crippen MR) is 28.6 cm³/mol. The number of ether oxygens (including phenoxy) is 1. The second kappa shape index (κ2) is 3.43. The Bertz CT molecular complexity index is 141. The monoisotopic (exact) mass is 465 g/mol. The van der Waals surface area contributed by atoms with E-state index in [1.54, 1.807) is 0 Å². The molecule has 0 bridgehead atoms. The maximum atomic E-state index is 5.29. The summed E-state index contributed by atoms with van der Waals surface area (Å²) in [6.07, 6.45) is 0. The van der Waals surface area contributed by atoms with Crippen molar-refractivity contribution in [2.24, 2.45) is 0 Å². The van der Waals surface area contributed by atoms with Gasteiger partial charge in [-0.2, -0.15) is 0 Å². The minimum atomic E-state index is 0.836. The van der Waals surface area contributed by atoms with Crippen molar-refractivity contribution in [3.8, 4) is 0 Å². The number of rotatable bonds is 0. The van der Waals surface area contributed by atoms with Crippen LogP contribution in [-0.4, -0.2) is 33.2 Å². The molecule has 0 aromatic rings. The molecule has 1 aliphatic rings. The summed E-state index contributed by atoms with van der Waals surface area (Å²) in [6.45, 7) is 1.67. The predicted octanol–water partition coefficient (Wildman–Crippen LogP) is -0.698. The van der Waals surface area contributed by atoms with Gasteiger partial charge in [0.2, 0.25) is 0 Å². The summed E-state index contributed by atoms with van der Waals surface area (Å²) in [5, 5.41) is 0. The van der Waals surface area contributed by atoms with Crippen molar-refractivity contribution in [1.29, 1.82) is 0 Å². The molecule has 0 aromatic heterocycles. The number of nitrogens with zero attached hydrogens (tertiary/aromatic N) is 1. The first kappa shape index (κ1) is 8.14.